The van der Waals surface area contributed by atoms with E-state index in [4.69, 9.17) is 9.47 Å². The molecule has 0 aliphatic rings. The highest BCUT2D eigenvalue weighted by Crippen LogP contribution is 2.36. The molecular formula is C20H22BrN3O6. The van der Waals surface area contributed by atoms with Crippen molar-refractivity contribution in [3.63, 3.8) is 0 Å². The Kier molecular flexibility index (Phi) is 7.76. The molecule has 0 heterocycles. The van der Waals surface area contributed by atoms with E-state index in [2.05, 4.69) is 26.5 Å². The van der Waals surface area contributed by atoms with Gasteiger partial charge in [-0.2, -0.15) is 5.10 Å². The van der Waals surface area contributed by atoms with Crippen molar-refractivity contribution in [3.05, 3.63) is 55.5 Å². The maximum atomic E-state index is 12.1. The van der Waals surface area contributed by atoms with Gasteiger partial charge in [-0.05, 0) is 42.2 Å². The lowest BCUT2D eigenvalue weighted by Gasteiger charge is -2.15. The topological polar surface area (TPSA) is 123 Å². The first kappa shape index (κ1) is 23.1. The van der Waals surface area contributed by atoms with Crippen molar-refractivity contribution in [1.29, 1.82) is 0 Å². The van der Waals surface area contributed by atoms with Crippen LogP contribution in [0.3, 0.4) is 0 Å². The zero-order valence-electron chi connectivity index (χ0n) is 16.9. The number of aromatic hydroxyl groups is 1. The summed E-state index contributed by atoms with van der Waals surface area (Å²) >= 11 is 3.49. The second-order valence-corrected chi connectivity index (χ2v) is 7.58. The first-order valence-corrected chi connectivity index (χ1v) is 9.73. The molecule has 0 atom stereocenters. The summed E-state index contributed by atoms with van der Waals surface area (Å²) in [6.45, 7) is 5.73. The number of benzene rings is 2. The number of amides is 1. The predicted molar refractivity (Wildman–Crippen MR) is 116 cm³/mol. The van der Waals surface area contributed by atoms with E-state index < -0.39 is 22.3 Å². The van der Waals surface area contributed by atoms with E-state index >= 15 is 0 Å². The van der Waals surface area contributed by atoms with Crippen LogP contribution >= 0.6 is 15.9 Å². The van der Waals surface area contributed by atoms with Crippen LogP contribution in [-0.2, 0) is 4.79 Å². The fraction of sp³-hybridized carbons (Fsp3) is 0.300. The van der Waals surface area contributed by atoms with Gasteiger partial charge in [-0.25, -0.2) is 5.43 Å². The van der Waals surface area contributed by atoms with Crippen LogP contribution in [0, 0.1) is 17.0 Å². The number of halogens is 1. The summed E-state index contributed by atoms with van der Waals surface area (Å²) in [6, 6.07) is 6.30. The van der Waals surface area contributed by atoms with E-state index in [-0.39, 0.29) is 23.8 Å². The van der Waals surface area contributed by atoms with Crippen LogP contribution in [0.25, 0.3) is 0 Å². The van der Waals surface area contributed by atoms with Crippen LogP contribution in [0.2, 0.25) is 0 Å². The molecule has 2 N–H and O–H groups in total. The summed E-state index contributed by atoms with van der Waals surface area (Å²) in [6.07, 6.45) is 1.20. The SMILES string of the molecule is COc1cc(/C=N/NC(=O)COc2cc(C)c(Br)cc2C(C)C)cc([N+](=O)[O-])c1O. The quantitative estimate of drug-likeness (QED) is 0.334. The molecule has 9 nitrogen and oxygen atoms in total. The highest BCUT2D eigenvalue weighted by molar-refractivity contribution is 9.10. The summed E-state index contributed by atoms with van der Waals surface area (Å²) < 4.78 is 11.5. The Bertz CT molecular complexity index is 991. The molecule has 0 unspecified atom stereocenters. The van der Waals surface area contributed by atoms with Crippen molar-refractivity contribution in [1.82, 2.24) is 5.43 Å². The molecule has 2 aromatic carbocycles. The highest BCUT2D eigenvalue weighted by atomic mass is 79.9. The molecule has 0 saturated heterocycles. The number of phenolic OH excluding ortho intramolecular Hbond substituents is 1. The molecule has 0 radical (unpaired) electrons. The average Bonchev–Trinajstić information content (AvgIpc) is 2.69. The van der Waals surface area contributed by atoms with Gasteiger partial charge in [0.15, 0.2) is 12.4 Å². The molecule has 0 spiro atoms. The summed E-state index contributed by atoms with van der Waals surface area (Å²) in [5.41, 5.74) is 3.98. The minimum absolute atomic E-state index is 0.0767. The number of nitro benzene ring substituents is 1. The molecule has 30 heavy (non-hydrogen) atoms. The van der Waals surface area contributed by atoms with Gasteiger partial charge in [-0.1, -0.05) is 29.8 Å². The summed E-state index contributed by atoms with van der Waals surface area (Å²) in [5, 5.41) is 24.6. The van der Waals surface area contributed by atoms with Gasteiger partial charge in [0, 0.05) is 16.1 Å². The smallest absolute Gasteiger partial charge is 0.315 e. The third-order valence-corrected chi connectivity index (χ3v) is 5.02. The number of hydrazone groups is 1. The first-order valence-electron chi connectivity index (χ1n) is 8.94. The lowest BCUT2D eigenvalue weighted by molar-refractivity contribution is -0.386. The van der Waals surface area contributed by atoms with Gasteiger partial charge < -0.3 is 14.6 Å². The molecule has 0 fully saturated rings. The van der Waals surface area contributed by atoms with E-state index in [1.54, 1.807) is 0 Å². The van der Waals surface area contributed by atoms with Crippen LogP contribution in [0.4, 0.5) is 5.69 Å². The summed E-state index contributed by atoms with van der Waals surface area (Å²) in [4.78, 5) is 22.3. The lowest BCUT2D eigenvalue weighted by atomic mass is 10.0. The number of phenols is 1. The van der Waals surface area contributed by atoms with Crippen LogP contribution in [-0.4, -0.2) is 35.9 Å². The summed E-state index contributed by atoms with van der Waals surface area (Å²) in [7, 11) is 1.27. The Balaban J connectivity index is 2.05. The van der Waals surface area contributed by atoms with Crippen LogP contribution in [0.1, 0.15) is 36.5 Å². The van der Waals surface area contributed by atoms with Crippen LogP contribution in [0.15, 0.2) is 33.8 Å². The third-order valence-electron chi connectivity index (χ3n) is 4.17. The zero-order chi connectivity index (χ0) is 22.4. The number of rotatable bonds is 8. The molecule has 0 aliphatic heterocycles. The molecule has 1 amide bonds. The van der Waals surface area contributed by atoms with E-state index in [0.717, 1.165) is 21.7 Å². The van der Waals surface area contributed by atoms with Crippen molar-refractivity contribution in [2.45, 2.75) is 26.7 Å². The molecule has 0 aromatic heterocycles. The van der Waals surface area contributed by atoms with Crippen molar-refractivity contribution in [3.8, 4) is 17.2 Å². The van der Waals surface area contributed by atoms with E-state index in [1.165, 1.54) is 19.4 Å². The largest absolute Gasteiger partial charge is 0.500 e. The highest BCUT2D eigenvalue weighted by Gasteiger charge is 2.19. The fourth-order valence-corrected chi connectivity index (χ4v) is 2.95. The number of nitrogens with zero attached hydrogens (tertiary/aromatic N) is 2. The number of nitro groups is 1. The molecule has 0 saturated carbocycles. The second kappa shape index (κ2) is 10.1. The first-order chi connectivity index (χ1) is 14.1. The van der Waals surface area contributed by atoms with E-state index in [0.29, 0.717) is 5.75 Å². The molecular weight excluding hydrogens is 458 g/mol. The Labute approximate surface area is 182 Å². The van der Waals surface area contributed by atoms with Gasteiger partial charge in [0.05, 0.1) is 18.2 Å². The van der Waals surface area contributed by atoms with Gasteiger partial charge in [0.1, 0.15) is 5.75 Å². The monoisotopic (exact) mass is 479 g/mol. The number of hydrogen-bond donors (Lipinski definition) is 2. The van der Waals surface area contributed by atoms with Crippen LogP contribution in [0.5, 0.6) is 17.2 Å². The predicted octanol–water partition coefficient (Wildman–Crippen LogP) is 4.03. The third kappa shape index (κ3) is 5.69. The van der Waals surface area contributed by atoms with Crippen molar-refractivity contribution < 1.29 is 24.3 Å². The van der Waals surface area contributed by atoms with Gasteiger partial charge in [-0.3, -0.25) is 14.9 Å². The number of hydrogen-bond acceptors (Lipinski definition) is 7. The Morgan fingerprint density at radius 2 is 2.03 bits per heavy atom. The normalized spacial score (nSPS) is 11.0. The fourth-order valence-electron chi connectivity index (χ4n) is 2.58. The second-order valence-electron chi connectivity index (χ2n) is 6.72. The number of aryl methyl sites for hydroxylation is 1. The lowest BCUT2D eigenvalue weighted by Crippen LogP contribution is -2.25. The standard InChI is InChI=1S/C20H22BrN3O6/c1-11(2)14-8-15(21)12(3)5-17(14)30-10-19(25)23-22-9-13-6-16(24(27)28)20(26)18(7-13)29-4/h5-9,11,26H,10H2,1-4H3,(H,23,25)/b22-9+. The minimum Gasteiger partial charge on any atom is -0.500 e. The van der Waals surface area contributed by atoms with Crippen molar-refractivity contribution >= 4 is 33.7 Å². The van der Waals surface area contributed by atoms with Gasteiger partial charge >= 0.3 is 5.69 Å². The molecule has 0 aliphatic carbocycles. The van der Waals surface area contributed by atoms with Gasteiger partial charge in [0.2, 0.25) is 5.75 Å². The van der Waals surface area contributed by atoms with Gasteiger partial charge in [-0.15, -0.1) is 0 Å². The number of nitrogens with one attached hydrogen (secondary N) is 1. The molecule has 10 heteroatoms. The van der Waals surface area contributed by atoms with E-state index in [1.807, 2.05) is 32.9 Å². The average molecular weight is 480 g/mol. The Morgan fingerprint density at radius 3 is 2.63 bits per heavy atom. The zero-order valence-corrected chi connectivity index (χ0v) is 18.5. The van der Waals surface area contributed by atoms with Crippen LogP contribution < -0.4 is 14.9 Å². The number of carbonyl (C=O) groups is 1. The van der Waals surface area contributed by atoms with E-state index in [9.17, 15) is 20.0 Å². The summed E-state index contributed by atoms with van der Waals surface area (Å²) in [5.74, 6) is -0.335. The maximum absolute atomic E-state index is 12.1. The van der Waals surface area contributed by atoms with Crippen molar-refractivity contribution in [2.75, 3.05) is 13.7 Å². The molecule has 0 bridgehead atoms. The van der Waals surface area contributed by atoms with Crippen molar-refractivity contribution in [2.24, 2.45) is 5.10 Å². The maximum Gasteiger partial charge on any atom is 0.315 e. The van der Waals surface area contributed by atoms with Gasteiger partial charge in [0.25, 0.3) is 5.91 Å². The number of methoxy groups -OCH3 is 1. The number of carbonyl (C=O) groups excluding carboxylic acids is 1. The molecule has 2 aromatic rings. The Morgan fingerprint density at radius 1 is 1.33 bits per heavy atom. The molecule has 160 valence electrons. The minimum atomic E-state index is -0.742. The number of ether oxygens (including phenoxy) is 2. The Hall–Kier alpha value is -3.14. The molecule has 2 rings (SSSR count).